The first kappa shape index (κ1) is 23.9. The van der Waals surface area contributed by atoms with Crippen molar-refractivity contribution in [1.29, 1.82) is 0 Å². The van der Waals surface area contributed by atoms with Crippen molar-refractivity contribution in [3.63, 3.8) is 0 Å². The molecule has 0 saturated carbocycles. The smallest absolute Gasteiger partial charge is 0.415 e. The lowest BCUT2D eigenvalue weighted by Gasteiger charge is -2.37. The Balaban J connectivity index is 1.31. The van der Waals surface area contributed by atoms with Crippen molar-refractivity contribution in [2.45, 2.75) is 45.4 Å². The lowest BCUT2D eigenvalue weighted by Crippen LogP contribution is -2.50. The number of imidazole rings is 1. The van der Waals surface area contributed by atoms with E-state index >= 15 is 0 Å². The molecule has 2 aliphatic heterocycles. The molecule has 184 valence electrons. The van der Waals surface area contributed by atoms with Crippen LogP contribution < -0.4 is 14.4 Å². The molecule has 1 saturated heterocycles. The van der Waals surface area contributed by atoms with Gasteiger partial charge in [-0.2, -0.15) is 0 Å². The maximum absolute atomic E-state index is 12.3. The van der Waals surface area contributed by atoms with Crippen LogP contribution in [0.25, 0.3) is 0 Å². The molecule has 1 aromatic carbocycles. The maximum atomic E-state index is 12.3. The number of anilines is 1. The van der Waals surface area contributed by atoms with Crippen LogP contribution in [0.3, 0.4) is 0 Å². The third kappa shape index (κ3) is 5.30. The van der Waals surface area contributed by atoms with Gasteiger partial charge in [0.05, 0.1) is 17.3 Å². The number of rotatable bonds is 5. The van der Waals surface area contributed by atoms with E-state index in [0.29, 0.717) is 43.5 Å². The van der Waals surface area contributed by atoms with E-state index < -0.39 is 16.1 Å². The van der Waals surface area contributed by atoms with Crippen LogP contribution >= 0.6 is 11.6 Å². The van der Waals surface area contributed by atoms with Crippen LogP contribution in [0.5, 0.6) is 11.8 Å². The quantitative estimate of drug-likeness (QED) is 0.457. The van der Waals surface area contributed by atoms with Crippen molar-refractivity contribution in [3.8, 4) is 11.8 Å². The van der Waals surface area contributed by atoms with Crippen molar-refractivity contribution in [2.24, 2.45) is 0 Å². The lowest BCUT2D eigenvalue weighted by atomic mass is 10.1. The first-order valence-corrected chi connectivity index (χ1v) is 11.4. The summed E-state index contributed by atoms with van der Waals surface area (Å²) in [4.78, 5) is 30.3. The van der Waals surface area contributed by atoms with Crippen LogP contribution in [-0.4, -0.2) is 69.5 Å². The normalized spacial score (nSPS) is 20.0. The molecule has 2 aliphatic rings. The van der Waals surface area contributed by atoms with E-state index in [0.717, 1.165) is 5.69 Å². The second kappa shape index (κ2) is 8.86. The molecular formula is C22H28ClN5O6. The highest BCUT2D eigenvalue weighted by molar-refractivity contribution is 6.33. The molecule has 3 heterocycles. The van der Waals surface area contributed by atoms with Gasteiger partial charge in [0.25, 0.3) is 0 Å². The van der Waals surface area contributed by atoms with Crippen LogP contribution in [-0.2, 0) is 11.3 Å². The number of aromatic nitrogens is 2. The number of ether oxygens (including phenoxy) is 3. The fourth-order valence-electron chi connectivity index (χ4n) is 3.88. The van der Waals surface area contributed by atoms with Gasteiger partial charge in [0.15, 0.2) is 5.60 Å². The summed E-state index contributed by atoms with van der Waals surface area (Å²) in [5.41, 5.74) is -0.360. The summed E-state index contributed by atoms with van der Waals surface area (Å²) in [7, 11) is 0. The summed E-state index contributed by atoms with van der Waals surface area (Å²) in [5.74, 6) is 0.341. The number of halogens is 1. The van der Waals surface area contributed by atoms with E-state index in [2.05, 4.69) is 9.88 Å². The average molecular weight is 494 g/mol. The molecule has 4 rings (SSSR count). The monoisotopic (exact) mass is 493 g/mol. The topological polar surface area (TPSA) is 112 Å². The largest absolute Gasteiger partial charge is 0.489 e. The highest BCUT2D eigenvalue weighted by Crippen LogP contribution is 2.34. The Morgan fingerprint density at radius 2 is 2.00 bits per heavy atom. The minimum absolute atomic E-state index is 0.205. The predicted molar refractivity (Wildman–Crippen MR) is 125 cm³/mol. The summed E-state index contributed by atoms with van der Waals surface area (Å²) < 4.78 is 18.8. The van der Waals surface area contributed by atoms with E-state index in [9.17, 15) is 14.9 Å². The molecule has 1 aromatic heterocycles. The molecule has 2 aromatic rings. The number of carbonyl (C=O) groups is 1. The number of carbonyl (C=O) groups excluding carboxylic acids is 1. The molecular weight excluding hydrogens is 466 g/mol. The number of amides is 1. The van der Waals surface area contributed by atoms with Gasteiger partial charge in [-0.25, -0.2) is 4.79 Å². The third-order valence-corrected chi connectivity index (χ3v) is 5.79. The van der Waals surface area contributed by atoms with Gasteiger partial charge < -0.3 is 34.1 Å². The van der Waals surface area contributed by atoms with Crippen LogP contribution in [0, 0.1) is 10.1 Å². The van der Waals surface area contributed by atoms with Crippen molar-refractivity contribution < 1.29 is 23.9 Å². The summed E-state index contributed by atoms with van der Waals surface area (Å²) in [6, 6.07) is 5.69. The van der Waals surface area contributed by atoms with E-state index in [-0.39, 0.29) is 24.5 Å². The number of nitrogens with zero attached hydrogens (tertiary/aromatic N) is 5. The SMILES string of the molecule is CC(C)(C)OC(=O)N1CCN(c2ccc(OCC3(C)Cn4cc([N+](=O)[O-])nc4O3)cc2Cl)CC1. The zero-order valence-corrected chi connectivity index (χ0v) is 20.4. The van der Waals surface area contributed by atoms with Gasteiger partial charge in [-0.15, -0.1) is 0 Å². The third-order valence-electron chi connectivity index (χ3n) is 5.49. The molecule has 1 fully saturated rings. The molecule has 0 aliphatic carbocycles. The number of fused-ring (bicyclic) bond motifs is 1. The number of benzene rings is 1. The van der Waals surface area contributed by atoms with Crippen LogP contribution in [0.2, 0.25) is 5.02 Å². The van der Waals surface area contributed by atoms with E-state index in [4.69, 9.17) is 25.8 Å². The van der Waals surface area contributed by atoms with Crippen molar-refractivity contribution in [3.05, 3.63) is 39.5 Å². The molecule has 0 N–H and O–H groups in total. The number of hydrogen-bond donors (Lipinski definition) is 0. The molecule has 1 amide bonds. The zero-order chi connectivity index (χ0) is 24.7. The van der Waals surface area contributed by atoms with Gasteiger partial charge in [0.2, 0.25) is 0 Å². The van der Waals surface area contributed by atoms with E-state index in [1.54, 1.807) is 15.5 Å². The zero-order valence-electron chi connectivity index (χ0n) is 19.6. The fraction of sp³-hybridized carbons (Fsp3) is 0.545. The Morgan fingerprint density at radius 3 is 2.59 bits per heavy atom. The van der Waals surface area contributed by atoms with Crippen molar-refractivity contribution in [1.82, 2.24) is 14.5 Å². The van der Waals surface area contributed by atoms with Crippen LogP contribution in [0.15, 0.2) is 24.4 Å². The second-order valence-corrected chi connectivity index (χ2v) is 10.1. The fourth-order valence-corrected chi connectivity index (χ4v) is 4.17. The Kier molecular flexibility index (Phi) is 6.24. The molecule has 0 spiro atoms. The van der Waals surface area contributed by atoms with E-state index in [1.807, 2.05) is 39.8 Å². The van der Waals surface area contributed by atoms with Gasteiger partial charge in [0.1, 0.15) is 24.2 Å². The Hall–Kier alpha value is -3.21. The summed E-state index contributed by atoms with van der Waals surface area (Å²) >= 11 is 6.55. The molecule has 1 unspecified atom stereocenters. The molecule has 12 heteroatoms. The van der Waals surface area contributed by atoms with Crippen LogP contribution in [0.1, 0.15) is 27.7 Å². The highest BCUT2D eigenvalue weighted by atomic mass is 35.5. The number of hydrogen-bond acceptors (Lipinski definition) is 8. The molecule has 34 heavy (non-hydrogen) atoms. The lowest BCUT2D eigenvalue weighted by molar-refractivity contribution is -0.389. The first-order valence-electron chi connectivity index (χ1n) is 11.0. The van der Waals surface area contributed by atoms with Gasteiger partial charge in [-0.3, -0.25) is 4.57 Å². The maximum Gasteiger partial charge on any atom is 0.415 e. The standard InChI is InChI=1S/C22H28ClN5O6/c1-21(2,3)34-20(29)26-9-7-25(8-10-26)17-6-5-15(11-16(17)23)32-14-22(4)13-27-12-18(28(30)31)24-19(27)33-22/h5-6,11-12H,7-10,13-14H2,1-4H3. The predicted octanol–water partition coefficient (Wildman–Crippen LogP) is 3.73. The van der Waals surface area contributed by atoms with Crippen molar-refractivity contribution in [2.75, 3.05) is 37.7 Å². The van der Waals surface area contributed by atoms with Crippen molar-refractivity contribution >= 4 is 29.2 Å². The first-order chi connectivity index (χ1) is 15.9. The van der Waals surface area contributed by atoms with Gasteiger partial charge in [-0.1, -0.05) is 11.6 Å². The average Bonchev–Trinajstić information content (AvgIpc) is 3.27. The number of piperazine rings is 1. The van der Waals surface area contributed by atoms with Gasteiger partial charge >= 0.3 is 17.9 Å². The van der Waals surface area contributed by atoms with Gasteiger partial charge in [-0.05, 0) is 44.8 Å². The van der Waals surface area contributed by atoms with Crippen LogP contribution in [0.4, 0.5) is 16.3 Å². The second-order valence-electron chi connectivity index (χ2n) is 9.67. The molecule has 1 atom stereocenters. The molecule has 0 radical (unpaired) electrons. The Bertz CT molecular complexity index is 1070. The minimum atomic E-state index is -0.708. The summed E-state index contributed by atoms with van der Waals surface area (Å²) in [6.45, 7) is 10.4. The molecule has 0 bridgehead atoms. The minimum Gasteiger partial charge on any atom is -0.489 e. The molecule has 11 nitrogen and oxygen atoms in total. The Morgan fingerprint density at radius 1 is 1.29 bits per heavy atom. The highest BCUT2D eigenvalue weighted by Gasteiger charge is 2.41. The van der Waals surface area contributed by atoms with E-state index in [1.165, 1.54) is 6.20 Å². The summed E-state index contributed by atoms with van der Waals surface area (Å²) in [5, 5.41) is 11.4. The summed E-state index contributed by atoms with van der Waals surface area (Å²) in [6.07, 6.45) is 1.05. The number of nitro groups is 1. The Labute approximate surface area is 202 Å². The van der Waals surface area contributed by atoms with Gasteiger partial charge in [0, 0.05) is 37.2 Å².